The number of nitrogens with one attached hydrogen (secondary N) is 2. The Labute approximate surface area is 162 Å². The van der Waals surface area contributed by atoms with E-state index >= 15 is 0 Å². The van der Waals surface area contributed by atoms with Gasteiger partial charge in [0.15, 0.2) is 11.5 Å². The largest absolute Gasteiger partial charge is 0.491 e. The highest BCUT2D eigenvalue weighted by Crippen LogP contribution is 2.32. The molecule has 8 heteroatoms. The average molecular weight is 383 g/mol. The van der Waals surface area contributed by atoms with Crippen LogP contribution in [0, 0.1) is 0 Å². The van der Waals surface area contributed by atoms with Gasteiger partial charge in [0.2, 0.25) is 6.79 Å². The highest BCUT2D eigenvalue weighted by molar-refractivity contribution is 5.97. The van der Waals surface area contributed by atoms with Crippen molar-refractivity contribution in [1.82, 2.24) is 10.7 Å². The van der Waals surface area contributed by atoms with E-state index in [1.54, 1.807) is 18.2 Å². The van der Waals surface area contributed by atoms with Crippen LogP contribution in [-0.2, 0) is 4.79 Å². The van der Waals surface area contributed by atoms with Gasteiger partial charge in [0, 0.05) is 5.56 Å². The fraction of sp³-hybridized carbons (Fsp3) is 0.250. The van der Waals surface area contributed by atoms with Crippen LogP contribution in [0.4, 0.5) is 0 Å². The zero-order chi connectivity index (χ0) is 19.9. The van der Waals surface area contributed by atoms with Crippen LogP contribution in [0.5, 0.6) is 17.2 Å². The molecule has 2 N–H and O–H groups in total. The second-order valence-electron chi connectivity index (χ2n) is 6.28. The van der Waals surface area contributed by atoms with E-state index < -0.39 is 11.8 Å². The van der Waals surface area contributed by atoms with Crippen molar-refractivity contribution in [2.24, 2.45) is 5.10 Å². The molecule has 2 aromatic carbocycles. The molecule has 2 amide bonds. The van der Waals surface area contributed by atoms with E-state index in [0.717, 1.165) is 11.3 Å². The summed E-state index contributed by atoms with van der Waals surface area (Å²) < 4.78 is 16.0. The zero-order valence-electron chi connectivity index (χ0n) is 15.6. The molecule has 0 saturated heterocycles. The van der Waals surface area contributed by atoms with Gasteiger partial charge in [0.25, 0.3) is 11.8 Å². The lowest BCUT2D eigenvalue weighted by Crippen LogP contribution is -2.34. The van der Waals surface area contributed by atoms with Crippen LogP contribution < -0.4 is 25.0 Å². The van der Waals surface area contributed by atoms with Crippen LogP contribution in [0.1, 0.15) is 29.8 Å². The first kappa shape index (κ1) is 19.2. The summed E-state index contributed by atoms with van der Waals surface area (Å²) in [6, 6.07) is 12.2. The van der Waals surface area contributed by atoms with Crippen LogP contribution in [0.3, 0.4) is 0 Å². The van der Waals surface area contributed by atoms with E-state index in [2.05, 4.69) is 15.8 Å². The molecule has 0 aliphatic carbocycles. The third kappa shape index (κ3) is 5.23. The molecule has 146 valence electrons. The number of carbonyl (C=O) groups is 2. The first-order valence-corrected chi connectivity index (χ1v) is 8.78. The van der Waals surface area contributed by atoms with Crippen LogP contribution in [0.25, 0.3) is 0 Å². The first-order valence-electron chi connectivity index (χ1n) is 8.78. The molecule has 1 aliphatic heterocycles. The molecule has 28 heavy (non-hydrogen) atoms. The monoisotopic (exact) mass is 383 g/mol. The van der Waals surface area contributed by atoms with Crippen molar-refractivity contribution in [2.75, 3.05) is 13.3 Å². The molecule has 0 aromatic heterocycles. The number of rotatable bonds is 7. The summed E-state index contributed by atoms with van der Waals surface area (Å²) >= 11 is 0. The number of hydrogen-bond donors (Lipinski definition) is 2. The smallest absolute Gasteiger partial charge is 0.259 e. The fourth-order valence-corrected chi connectivity index (χ4v) is 2.46. The summed E-state index contributed by atoms with van der Waals surface area (Å²) in [6.07, 6.45) is 1.57. The van der Waals surface area contributed by atoms with Crippen molar-refractivity contribution in [2.45, 2.75) is 20.0 Å². The predicted molar refractivity (Wildman–Crippen MR) is 103 cm³/mol. The maximum Gasteiger partial charge on any atom is 0.259 e. The highest BCUT2D eigenvalue weighted by atomic mass is 16.7. The second-order valence-corrected chi connectivity index (χ2v) is 6.28. The van der Waals surface area contributed by atoms with Gasteiger partial charge >= 0.3 is 0 Å². The standard InChI is InChI=1S/C20H21N3O5/c1-13(2)28-16-5-3-4-14(8-16)10-22-23-19(24)11-21-20(25)15-6-7-17-18(9-15)27-12-26-17/h3-10,13H,11-12H2,1-2H3,(H,21,25)(H,23,24)/b22-10+. The first-order chi connectivity index (χ1) is 13.5. The molecule has 1 heterocycles. The average Bonchev–Trinajstić information content (AvgIpc) is 3.13. The maximum atomic E-state index is 12.1. The summed E-state index contributed by atoms with van der Waals surface area (Å²) in [4.78, 5) is 24.0. The quantitative estimate of drug-likeness (QED) is 0.563. The zero-order valence-corrected chi connectivity index (χ0v) is 15.6. The SMILES string of the molecule is CC(C)Oc1cccc(/C=N/NC(=O)CNC(=O)c2ccc3c(c2)OCO3)c1. The van der Waals surface area contributed by atoms with Gasteiger partial charge in [-0.1, -0.05) is 12.1 Å². The van der Waals surface area contributed by atoms with Crippen molar-refractivity contribution in [3.63, 3.8) is 0 Å². The topological polar surface area (TPSA) is 98.2 Å². The molecule has 8 nitrogen and oxygen atoms in total. The molecule has 0 unspecified atom stereocenters. The Morgan fingerprint density at radius 3 is 2.82 bits per heavy atom. The molecular formula is C20H21N3O5. The molecule has 0 saturated carbocycles. The molecule has 3 rings (SSSR count). The molecule has 0 fully saturated rings. The summed E-state index contributed by atoms with van der Waals surface area (Å²) in [7, 11) is 0. The fourth-order valence-electron chi connectivity index (χ4n) is 2.46. The van der Waals surface area contributed by atoms with Crippen molar-refractivity contribution in [3.05, 3.63) is 53.6 Å². The Morgan fingerprint density at radius 1 is 1.18 bits per heavy atom. The van der Waals surface area contributed by atoms with Gasteiger partial charge in [-0.2, -0.15) is 5.10 Å². The lowest BCUT2D eigenvalue weighted by molar-refractivity contribution is -0.120. The molecule has 0 radical (unpaired) electrons. The van der Waals surface area contributed by atoms with Crippen LogP contribution in [-0.4, -0.2) is 37.5 Å². The Morgan fingerprint density at radius 2 is 2.00 bits per heavy atom. The van der Waals surface area contributed by atoms with E-state index in [1.165, 1.54) is 6.21 Å². The minimum absolute atomic E-state index is 0.0697. The number of fused-ring (bicyclic) bond motifs is 1. The van der Waals surface area contributed by atoms with Gasteiger partial charge in [0.05, 0.1) is 18.9 Å². The lowest BCUT2D eigenvalue weighted by Gasteiger charge is -2.09. The minimum atomic E-state index is -0.445. The molecule has 2 aromatic rings. The predicted octanol–water partition coefficient (Wildman–Crippen LogP) is 2.08. The van der Waals surface area contributed by atoms with E-state index in [4.69, 9.17) is 14.2 Å². The minimum Gasteiger partial charge on any atom is -0.491 e. The normalized spacial score (nSPS) is 12.2. The third-order valence-corrected chi connectivity index (χ3v) is 3.68. The Kier molecular flexibility index (Phi) is 6.11. The number of hydrogen-bond acceptors (Lipinski definition) is 6. The van der Waals surface area contributed by atoms with Gasteiger partial charge < -0.3 is 19.5 Å². The number of benzene rings is 2. The summed E-state index contributed by atoms with van der Waals surface area (Å²) in [5.41, 5.74) is 3.53. The Balaban J connectivity index is 1.46. The van der Waals surface area contributed by atoms with E-state index in [0.29, 0.717) is 17.1 Å². The second kappa shape index (κ2) is 8.90. The maximum absolute atomic E-state index is 12.1. The number of nitrogens with zero attached hydrogens (tertiary/aromatic N) is 1. The number of ether oxygens (including phenoxy) is 3. The third-order valence-electron chi connectivity index (χ3n) is 3.68. The Bertz CT molecular complexity index is 895. The number of carbonyl (C=O) groups excluding carboxylic acids is 2. The molecule has 0 bridgehead atoms. The molecule has 1 aliphatic rings. The van der Waals surface area contributed by atoms with E-state index in [1.807, 2.05) is 38.1 Å². The van der Waals surface area contributed by atoms with Crippen molar-refractivity contribution >= 4 is 18.0 Å². The van der Waals surface area contributed by atoms with E-state index in [9.17, 15) is 9.59 Å². The molecule has 0 spiro atoms. The molecule has 0 atom stereocenters. The lowest BCUT2D eigenvalue weighted by atomic mass is 10.2. The van der Waals surface area contributed by atoms with Crippen molar-refractivity contribution in [3.8, 4) is 17.2 Å². The van der Waals surface area contributed by atoms with Gasteiger partial charge in [-0.05, 0) is 49.7 Å². The number of hydrazone groups is 1. The van der Waals surface area contributed by atoms with E-state index in [-0.39, 0.29) is 19.4 Å². The Hall–Kier alpha value is -3.55. The van der Waals surface area contributed by atoms with Gasteiger partial charge in [-0.3, -0.25) is 9.59 Å². The van der Waals surface area contributed by atoms with Gasteiger partial charge in [-0.15, -0.1) is 0 Å². The summed E-state index contributed by atoms with van der Waals surface area (Å²) in [5, 5.41) is 6.42. The van der Waals surface area contributed by atoms with Gasteiger partial charge in [-0.25, -0.2) is 5.43 Å². The van der Waals surface area contributed by atoms with Crippen LogP contribution >= 0.6 is 0 Å². The van der Waals surface area contributed by atoms with Crippen LogP contribution in [0.15, 0.2) is 47.6 Å². The van der Waals surface area contributed by atoms with Crippen LogP contribution in [0.2, 0.25) is 0 Å². The van der Waals surface area contributed by atoms with Crippen molar-refractivity contribution < 1.29 is 23.8 Å². The number of amides is 2. The van der Waals surface area contributed by atoms with Gasteiger partial charge in [0.1, 0.15) is 5.75 Å². The highest BCUT2D eigenvalue weighted by Gasteiger charge is 2.16. The summed E-state index contributed by atoms with van der Waals surface area (Å²) in [5.74, 6) is 0.981. The summed E-state index contributed by atoms with van der Waals surface area (Å²) in [6.45, 7) is 3.81. The molecular weight excluding hydrogens is 362 g/mol. The van der Waals surface area contributed by atoms with Crippen molar-refractivity contribution in [1.29, 1.82) is 0 Å².